The fourth-order valence-corrected chi connectivity index (χ4v) is 5.34. The van der Waals surface area contributed by atoms with Gasteiger partial charge in [0.15, 0.2) is 0 Å². The molecule has 0 bridgehead atoms. The Balaban J connectivity index is 1.48. The van der Waals surface area contributed by atoms with E-state index in [1.54, 1.807) is 5.06 Å². The van der Waals surface area contributed by atoms with E-state index in [0.717, 1.165) is 29.9 Å². The molecule has 5 nitrogen and oxygen atoms in total. The van der Waals surface area contributed by atoms with E-state index < -0.39 is 0 Å². The summed E-state index contributed by atoms with van der Waals surface area (Å²) in [5.74, 6) is 0. The lowest BCUT2D eigenvalue weighted by Gasteiger charge is -2.29. The number of rotatable bonds is 5. The third-order valence-electron chi connectivity index (χ3n) is 6.52. The average molecular weight is 447 g/mol. The van der Waals surface area contributed by atoms with Gasteiger partial charge < -0.3 is 10.3 Å². The highest BCUT2D eigenvalue weighted by Crippen LogP contribution is 2.38. The van der Waals surface area contributed by atoms with Crippen molar-refractivity contribution in [2.45, 2.75) is 39.2 Å². The van der Waals surface area contributed by atoms with Crippen molar-refractivity contribution in [3.63, 3.8) is 0 Å². The van der Waals surface area contributed by atoms with Crippen LogP contribution in [0, 0.1) is 6.92 Å². The number of fused-ring (bicyclic) bond motifs is 2. The first-order valence-electron chi connectivity index (χ1n) is 11.5. The molecule has 166 valence electrons. The van der Waals surface area contributed by atoms with E-state index in [9.17, 15) is 0 Å². The molecular weight excluding hydrogens is 416 g/mol. The molecule has 0 amide bonds. The lowest BCUT2D eigenvalue weighted by Crippen LogP contribution is -2.34. The lowest BCUT2D eigenvalue weighted by atomic mass is 9.92. The summed E-state index contributed by atoms with van der Waals surface area (Å²) in [6.07, 6.45) is 6.17. The zero-order valence-corrected chi connectivity index (χ0v) is 19.5. The molecule has 2 aliphatic heterocycles. The van der Waals surface area contributed by atoms with E-state index in [-0.39, 0.29) is 0 Å². The number of nitrogens with zero attached hydrogens (tertiary/aromatic N) is 2. The van der Waals surface area contributed by atoms with Crippen molar-refractivity contribution in [1.82, 2.24) is 9.88 Å². The van der Waals surface area contributed by atoms with Crippen LogP contribution in [0.1, 0.15) is 37.4 Å². The average Bonchev–Trinajstić information content (AvgIpc) is 3.40. The Morgan fingerprint density at radius 2 is 2.09 bits per heavy atom. The summed E-state index contributed by atoms with van der Waals surface area (Å²) in [6, 6.07) is 17.0. The second kappa shape index (κ2) is 9.06. The number of nitrogens with one attached hydrogen (secondary N) is 2. The van der Waals surface area contributed by atoms with Crippen molar-refractivity contribution >= 4 is 45.2 Å². The van der Waals surface area contributed by atoms with Crippen molar-refractivity contribution < 1.29 is 4.84 Å². The zero-order chi connectivity index (χ0) is 22.1. The van der Waals surface area contributed by atoms with E-state index in [1.165, 1.54) is 41.6 Å². The maximum absolute atomic E-state index is 5.96. The smallest absolute Gasteiger partial charge is 0.202 e. The van der Waals surface area contributed by atoms with Crippen LogP contribution >= 0.6 is 12.2 Å². The number of benzene rings is 2. The molecule has 1 aromatic heterocycles. The van der Waals surface area contributed by atoms with E-state index in [2.05, 4.69) is 46.4 Å². The number of aryl methyl sites for hydroxylation is 1. The summed E-state index contributed by atoms with van der Waals surface area (Å²) >= 11 is 5.71. The lowest BCUT2D eigenvalue weighted by molar-refractivity contribution is 0.158. The van der Waals surface area contributed by atoms with E-state index in [4.69, 9.17) is 17.1 Å². The Kier molecular flexibility index (Phi) is 6.00. The van der Waals surface area contributed by atoms with E-state index in [1.807, 2.05) is 37.3 Å². The molecule has 1 atom stereocenters. The summed E-state index contributed by atoms with van der Waals surface area (Å²) in [6.45, 7) is 6.97. The highest BCUT2D eigenvalue weighted by Gasteiger charge is 2.29. The van der Waals surface area contributed by atoms with Crippen molar-refractivity contribution in [2.75, 3.05) is 30.1 Å². The third kappa shape index (κ3) is 4.06. The van der Waals surface area contributed by atoms with Gasteiger partial charge in [0.25, 0.3) is 0 Å². The number of thiocarbonyl (C=S) groups is 1. The quantitative estimate of drug-likeness (QED) is 0.378. The van der Waals surface area contributed by atoms with Crippen molar-refractivity contribution in [1.29, 1.82) is 0 Å². The summed E-state index contributed by atoms with van der Waals surface area (Å²) in [4.78, 5) is 12.2. The minimum absolute atomic E-state index is 0.518. The first kappa shape index (κ1) is 21.2. The molecule has 0 spiro atoms. The van der Waals surface area contributed by atoms with Gasteiger partial charge >= 0.3 is 0 Å². The molecule has 2 N–H and O–H groups in total. The summed E-state index contributed by atoms with van der Waals surface area (Å²) in [5, 5.41) is 6.76. The molecule has 1 unspecified atom stereocenters. The molecule has 0 saturated carbocycles. The van der Waals surface area contributed by atoms with Crippen LogP contribution in [0.5, 0.6) is 0 Å². The van der Waals surface area contributed by atoms with Crippen LogP contribution in [0.2, 0.25) is 0 Å². The van der Waals surface area contributed by atoms with Gasteiger partial charge in [0.05, 0.1) is 12.3 Å². The van der Waals surface area contributed by atoms with Crippen LogP contribution in [0.15, 0.2) is 54.6 Å². The molecule has 2 aromatic carbocycles. The Morgan fingerprint density at radius 3 is 2.91 bits per heavy atom. The highest BCUT2D eigenvalue weighted by molar-refractivity contribution is 7.80. The minimum atomic E-state index is 0.518. The number of hydroxylamine groups is 1. The molecule has 0 radical (unpaired) electrons. The second-order valence-electron chi connectivity index (χ2n) is 8.59. The molecule has 2 aliphatic rings. The number of H-pyrrole nitrogens is 1. The largest absolute Gasteiger partial charge is 0.358 e. The van der Waals surface area contributed by atoms with Gasteiger partial charge in [-0.1, -0.05) is 24.3 Å². The molecule has 1 fully saturated rings. The Bertz CT molecular complexity index is 1150. The SMILES string of the molecule is CCON(C(=S)Nc1ccccc1)c1ccc2[nH]c(C)c(C3=CCN4CCCC4C3)c2c1. The number of hydrogen-bond donors (Lipinski definition) is 2. The predicted molar refractivity (Wildman–Crippen MR) is 137 cm³/mol. The first-order chi connectivity index (χ1) is 15.6. The number of anilines is 2. The van der Waals surface area contributed by atoms with Gasteiger partial charge in [0.2, 0.25) is 5.11 Å². The Labute approximate surface area is 195 Å². The Hall–Kier alpha value is -2.67. The minimum Gasteiger partial charge on any atom is -0.358 e. The molecule has 6 heteroatoms. The van der Waals surface area contributed by atoms with Crippen molar-refractivity contribution in [3.05, 3.63) is 65.9 Å². The van der Waals surface area contributed by atoms with Gasteiger partial charge in [-0.15, -0.1) is 0 Å². The maximum Gasteiger partial charge on any atom is 0.202 e. The van der Waals surface area contributed by atoms with Crippen molar-refractivity contribution in [3.8, 4) is 0 Å². The molecule has 32 heavy (non-hydrogen) atoms. The normalized spacial score (nSPS) is 18.4. The van der Waals surface area contributed by atoms with Crippen LogP contribution in [0.25, 0.3) is 16.5 Å². The van der Waals surface area contributed by atoms with Gasteiger partial charge in [-0.25, -0.2) is 0 Å². The first-order valence-corrected chi connectivity index (χ1v) is 11.9. The van der Waals surface area contributed by atoms with Crippen LogP contribution in [0.3, 0.4) is 0 Å². The molecule has 0 aliphatic carbocycles. The number of para-hydroxylation sites is 1. The fraction of sp³-hybridized carbons (Fsp3) is 0.346. The molecule has 3 heterocycles. The summed E-state index contributed by atoms with van der Waals surface area (Å²) in [5.41, 5.74) is 7.04. The molecule has 1 saturated heterocycles. The zero-order valence-electron chi connectivity index (χ0n) is 18.7. The molecule has 5 rings (SSSR count). The van der Waals surface area contributed by atoms with Crippen molar-refractivity contribution in [2.24, 2.45) is 0 Å². The summed E-state index contributed by atoms with van der Waals surface area (Å²) < 4.78 is 0. The topological polar surface area (TPSA) is 43.5 Å². The standard InChI is InChI=1S/C26H30N4OS/c1-3-31-30(26(32)28-20-8-5-4-6-9-20)22-11-12-24-23(17-22)25(18(2)27-24)19-13-15-29-14-7-10-21(29)16-19/h4-6,8-9,11-13,17,21,27H,3,7,10,14-16H2,1-2H3,(H,28,32). The van der Waals surface area contributed by atoms with Gasteiger partial charge in [0.1, 0.15) is 0 Å². The summed E-state index contributed by atoms with van der Waals surface area (Å²) in [7, 11) is 0. The number of aromatic amines is 1. The second-order valence-corrected chi connectivity index (χ2v) is 8.97. The molecule has 3 aromatic rings. The number of hydrogen-bond acceptors (Lipinski definition) is 3. The Morgan fingerprint density at radius 1 is 1.25 bits per heavy atom. The maximum atomic E-state index is 5.96. The van der Waals surface area contributed by atoms with Crippen LogP contribution in [0.4, 0.5) is 11.4 Å². The van der Waals surface area contributed by atoms with Gasteiger partial charge in [-0.3, -0.25) is 9.74 Å². The third-order valence-corrected chi connectivity index (χ3v) is 6.79. The molecular formula is C26H30N4OS. The number of aromatic nitrogens is 1. The highest BCUT2D eigenvalue weighted by atomic mass is 32.1. The predicted octanol–water partition coefficient (Wildman–Crippen LogP) is 5.88. The van der Waals surface area contributed by atoms with Crippen LogP contribution < -0.4 is 10.4 Å². The fourth-order valence-electron chi connectivity index (χ4n) is 5.07. The van der Waals surface area contributed by atoms with Gasteiger partial charge in [-0.2, -0.15) is 5.06 Å². The van der Waals surface area contributed by atoms with Gasteiger partial charge in [-0.05, 0) is 87.8 Å². The van der Waals surface area contributed by atoms with Crippen LogP contribution in [-0.2, 0) is 4.84 Å². The van der Waals surface area contributed by atoms with Crippen LogP contribution in [-0.4, -0.2) is 40.7 Å². The van der Waals surface area contributed by atoms with E-state index >= 15 is 0 Å². The van der Waals surface area contributed by atoms with Gasteiger partial charge in [0, 0.05) is 40.4 Å². The van der Waals surface area contributed by atoms with E-state index in [0.29, 0.717) is 17.8 Å². The monoisotopic (exact) mass is 446 g/mol.